The first kappa shape index (κ1) is 23.0. The van der Waals surface area contributed by atoms with Crippen molar-refractivity contribution in [2.75, 3.05) is 11.5 Å². The molecule has 0 spiro atoms. The maximum absolute atomic E-state index is 13.6. The van der Waals surface area contributed by atoms with E-state index in [1.165, 1.54) is 4.90 Å². The van der Waals surface area contributed by atoms with Gasteiger partial charge in [0.1, 0.15) is 11.6 Å². The fourth-order valence-corrected chi connectivity index (χ4v) is 4.30. The predicted molar refractivity (Wildman–Crippen MR) is 131 cm³/mol. The molecule has 1 unspecified atom stereocenters. The lowest BCUT2D eigenvalue weighted by atomic mass is 9.98. The largest absolute Gasteiger partial charge is 0.503 e. The summed E-state index contributed by atoms with van der Waals surface area (Å²) < 4.78 is 10.7. The second kappa shape index (κ2) is 9.50. The normalized spacial score (nSPS) is 15.5. The highest BCUT2D eigenvalue weighted by Crippen LogP contribution is 2.41. The van der Waals surface area contributed by atoms with Crippen LogP contribution in [0.25, 0.3) is 11.0 Å². The molecule has 8 nitrogen and oxygen atoms in total. The molecule has 0 bridgehead atoms. The number of esters is 1. The average Bonchev–Trinajstić information content (AvgIpc) is 3.44. The summed E-state index contributed by atoms with van der Waals surface area (Å²) in [5.41, 5.74) is 1.95. The first-order valence-electron chi connectivity index (χ1n) is 11.4. The first-order valence-corrected chi connectivity index (χ1v) is 11.4. The number of aliphatic hydroxyl groups excluding tert-OH is 1. The molecule has 2 aromatic heterocycles. The summed E-state index contributed by atoms with van der Waals surface area (Å²) in [5, 5.41) is 11.6. The van der Waals surface area contributed by atoms with Gasteiger partial charge in [0, 0.05) is 17.3 Å². The molecule has 180 valence electrons. The molecule has 1 aliphatic rings. The molecule has 1 N–H and O–H groups in total. The van der Waals surface area contributed by atoms with Crippen molar-refractivity contribution in [2.45, 2.75) is 19.4 Å². The third-order valence-corrected chi connectivity index (χ3v) is 5.94. The number of benzene rings is 2. The first-order chi connectivity index (χ1) is 17.5. The molecule has 5 rings (SSSR count). The molecule has 3 heterocycles. The van der Waals surface area contributed by atoms with Gasteiger partial charge in [0.25, 0.3) is 5.91 Å². The summed E-state index contributed by atoms with van der Waals surface area (Å²) >= 11 is 0. The number of hydrogen-bond acceptors (Lipinski definition) is 7. The van der Waals surface area contributed by atoms with E-state index in [1.807, 2.05) is 12.1 Å². The van der Waals surface area contributed by atoms with Crippen LogP contribution in [0.4, 0.5) is 5.69 Å². The third kappa shape index (κ3) is 4.13. The van der Waals surface area contributed by atoms with Gasteiger partial charge in [-0.25, -0.2) is 0 Å². The Hall–Kier alpha value is -4.72. The number of rotatable bonds is 7. The molecule has 1 atom stereocenters. The Labute approximate surface area is 206 Å². The minimum absolute atomic E-state index is 0.0121. The Morgan fingerprint density at radius 1 is 1.06 bits per heavy atom. The topological polar surface area (TPSA) is 110 Å². The number of amides is 1. The number of aliphatic hydroxyl groups is 1. The van der Waals surface area contributed by atoms with Crippen LogP contribution in [-0.2, 0) is 20.7 Å². The highest BCUT2D eigenvalue weighted by molar-refractivity contribution is 6.20. The number of ketones is 1. The summed E-state index contributed by atoms with van der Waals surface area (Å²) in [6.45, 7) is 2.03. The van der Waals surface area contributed by atoms with Crippen LogP contribution in [0.5, 0.6) is 0 Å². The van der Waals surface area contributed by atoms with Gasteiger partial charge in [0.05, 0.1) is 24.3 Å². The van der Waals surface area contributed by atoms with Crippen LogP contribution in [0.1, 0.15) is 34.8 Å². The average molecular weight is 482 g/mol. The standard InChI is InChI=1S/C28H22N2O6/c1-2-35-23(31)15-17-10-12-19(13-11-17)30-25(20-8-5-6-14-29-20)24(27(33)28(30)34)26(32)22-16-18-7-3-4-9-21(18)36-22/h3-14,16,25,33H,2,15H2,1H3. The van der Waals surface area contributed by atoms with Crippen molar-refractivity contribution >= 4 is 34.3 Å². The summed E-state index contributed by atoms with van der Waals surface area (Å²) in [7, 11) is 0. The molecule has 0 saturated heterocycles. The lowest BCUT2D eigenvalue weighted by Crippen LogP contribution is -2.31. The van der Waals surface area contributed by atoms with E-state index in [4.69, 9.17) is 9.15 Å². The van der Waals surface area contributed by atoms with Gasteiger partial charge in [0.2, 0.25) is 5.78 Å². The lowest BCUT2D eigenvalue weighted by molar-refractivity contribution is -0.142. The number of Topliss-reactive ketones (excluding diaryl/α,β-unsaturated/α-hetero) is 1. The Kier molecular flexibility index (Phi) is 6.08. The lowest BCUT2D eigenvalue weighted by Gasteiger charge is -2.26. The van der Waals surface area contributed by atoms with Gasteiger partial charge >= 0.3 is 5.97 Å². The minimum Gasteiger partial charge on any atom is -0.503 e. The molecule has 0 fully saturated rings. The number of carbonyl (C=O) groups is 3. The van der Waals surface area contributed by atoms with E-state index >= 15 is 0 Å². The van der Waals surface area contributed by atoms with Crippen molar-refractivity contribution in [2.24, 2.45) is 0 Å². The van der Waals surface area contributed by atoms with Gasteiger partial charge in [-0.15, -0.1) is 0 Å². The fourth-order valence-electron chi connectivity index (χ4n) is 4.30. The van der Waals surface area contributed by atoms with E-state index in [9.17, 15) is 19.5 Å². The van der Waals surface area contributed by atoms with Crippen LogP contribution in [-0.4, -0.2) is 34.4 Å². The molecular formula is C28H22N2O6. The number of nitrogens with zero attached hydrogens (tertiary/aromatic N) is 2. The van der Waals surface area contributed by atoms with E-state index in [0.717, 1.165) is 5.39 Å². The minimum atomic E-state index is -0.977. The maximum atomic E-state index is 13.6. The van der Waals surface area contributed by atoms with Crippen LogP contribution in [0.2, 0.25) is 0 Å². The number of para-hydroxylation sites is 1. The zero-order valence-corrected chi connectivity index (χ0v) is 19.4. The molecule has 0 aliphatic carbocycles. The summed E-state index contributed by atoms with van der Waals surface area (Å²) in [5.74, 6) is -2.34. The predicted octanol–water partition coefficient (Wildman–Crippen LogP) is 4.72. The number of fused-ring (bicyclic) bond motifs is 1. The number of anilines is 1. The quantitative estimate of drug-likeness (QED) is 0.300. The molecule has 1 amide bonds. The smallest absolute Gasteiger partial charge is 0.310 e. The Balaban J connectivity index is 1.54. The van der Waals surface area contributed by atoms with Crippen LogP contribution >= 0.6 is 0 Å². The Morgan fingerprint density at radius 3 is 2.50 bits per heavy atom. The number of aromatic nitrogens is 1. The van der Waals surface area contributed by atoms with Crippen molar-refractivity contribution in [3.63, 3.8) is 0 Å². The summed E-state index contributed by atoms with van der Waals surface area (Å²) in [6.07, 6.45) is 1.64. The van der Waals surface area contributed by atoms with Crippen molar-refractivity contribution in [1.82, 2.24) is 4.98 Å². The van der Waals surface area contributed by atoms with E-state index in [0.29, 0.717) is 22.5 Å². The van der Waals surface area contributed by atoms with Crippen LogP contribution < -0.4 is 4.90 Å². The van der Waals surface area contributed by atoms with E-state index in [-0.39, 0.29) is 30.3 Å². The Bertz CT molecular complexity index is 1450. The van der Waals surface area contributed by atoms with E-state index in [1.54, 1.807) is 73.8 Å². The fraction of sp³-hybridized carbons (Fsp3) is 0.143. The van der Waals surface area contributed by atoms with Crippen molar-refractivity contribution in [3.05, 3.63) is 107 Å². The second-order valence-electron chi connectivity index (χ2n) is 8.22. The number of ether oxygens (including phenoxy) is 1. The second-order valence-corrected chi connectivity index (χ2v) is 8.22. The van der Waals surface area contributed by atoms with Gasteiger partial charge < -0.3 is 14.3 Å². The number of hydrogen-bond donors (Lipinski definition) is 1. The maximum Gasteiger partial charge on any atom is 0.310 e. The number of carbonyl (C=O) groups excluding carboxylic acids is 3. The third-order valence-electron chi connectivity index (χ3n) is 5.94. The van der Waals surface area contributed by atoms with Crippen molar-refractivity contribution < 1.29 is 28.6 Å². The number of furan rings is 1. The zero-order valence-electron chi connectivity index (χ0n) is 19.4. The molecule has 0 saturated carbocycles. The van der Waals surface area contributed by atoms with Gasteiger partial charge in [-0.1, -0.05) is 36.4 Å². The SMILES string of the molecule is CCOC(=O)Cc1ccc(N2C(=O)C(O)=C(C(=O)c3cc4ccccc4o3)C2c2ccccn2)cc1. The van der Waals surface area contributed by atoms with E-state index in [2.05, 4.69) is 4.98 Å². The monoisotopic (exact) mass is 482 g/mol. The molecule has 2 aromatic carbocycles. The summed E-state index contributed by atoms with van der Waals surface area (Å²) in [6, 6.07) is 19.6. The molecule has 36 heavy (non-hydrogen) atoms. The molecule has 1 aliphatic heterocycles. The van der Waals surface area contributed by atoms with Crippen LogP contribution in [0.3, 0.4) is 0 Å². The van der Waals surface area contributed by atoms with E-state index < -0.39 is 23.5 Å². The zero-order chi connectivity index (χ0) is 25.2. The van der Waals surface area contributed by atoms with Gasteiger partial charge in [0.15, 0.2) is 11.5 Å². The van der Waals surface area contributed by atoms with Gasteiger partial charge in [-0.05, 0) is 48.9 Å². The Morgan fingerprint density at radius 2 is 1.81 bits per heavy atom. The number of pyridine rings is 1. The molecule has 4 aromatic rings. The van der Waals surface area contributed by atoms with Gasteiger partial charge in [-0.3, -0.25) is 24.3 Å². The van der Waals surface area contributed by atoms with Gasteiger partial charge in [-0.2, -0.15) is 0 Å². The summed E-state index contributed by atoms with van der Waals surface area (Å²) in [4.78, 5) is 44.4. The highest BCUT2D eigenvalue weighted by Gasteiger charge is 2.46. The van der Waals surface area contributed by atoms with Crippen LogP contribution in [0.15, 0.2) is 94.7 Å². The van der Waals surface area contributed by atoms with Crippen molar-refractivity contribution in [1.29, 1.82) is 0 Å². The molecule has 8 heteroatoms. The van der Waals surface area contributed by atoms with Crippen molar-refractivity contribution in [3.8, 4) is 0 Å². The van der Waals surface area contributed by atoms with Crippen LogP contribution in [0, 0.1) is 0 Å². The molecular weight excluding hydrogens is 460 g/mol. The highest BCUT2D eigenvalue weighted by atomic mass is 16.5. The molecule has 0 radical (unpaired) electrons.